The summed E-state index contributed by atoms with van der Waals surface area (Å²) in [6, 6.07) is 15.3. The molecule has 0 unspecified atom stereocenters. The van der Waals surface area contributed by atoms with Crippen LogP contribution >= 0.6 is 35.6 Å². The highest BCUT2D eigenvalue weighted by molar-refractivity contribution is 6.32. The van der Waals surface area contributed by atoms with E-state index in [-0.39, 0.29) is 23.9 Å². The molecule has 2 aliphatic rings. The number of primary amides is 1. The lowest BCUT2D eigenvalue weighted by Crippen LogP contribution is -2.46. The molecule has 6 heteroatoms. The van der Waals surface area contributed by atoms with Crippen molar-refractivity contribution in [2.24, 2.45) is 11.5 Å². The molecule has 0 saturated heterocycles. The molecule has 0 spiro atoms. The molecule has 0 atom stereocenters. The van der Waals surface area contributed by atoms with Crippen molar-refractivity contribution in [3.63, 3.8) is 0 Å². The molecule has 27 heavy (non-hydrogen) atoms. The summed E-state index contributed by atoms with van der Waals surface area (Å²) >= 11 is 12.1. The van der Waals surface area contributed by atoms with Gasteiger partial charge in [-0.1, -0.05) is 66.0 Å². The Labute approximate surface area is 176 Å². The van der Waals surface area contributed by atoms with Gasteiger partial charge in [0.15, 0.2) is 0 Å². The summed E-state index contributed by atoms with van der Waals surface area (Å²) in [5.74, 6) is -0.253. The first-order valence-corrected chi connectivity index (χ1v) is 9.73. The number of nitrogens with two attached hydrogens (primary N) is 2. The van der Waals surface area contributed by atoms with Crippen molar-refractivity contribution >= 4 is 41.5 Å². The van der Waals surface area contributed by atoms with Gasteiger partial charge < -0.3 is 11.5 Å². The third-order valence-corrected chi connectivity index (χ3v) is 6.38. The Balaban J connectivity index is 0.000000189. The first-order valence-electron chi connectivity index (χ1n) is 8.98. The molecule has 4 rings (SSSR count). The Kier molecular flexibility index (Phi) is 7.20. The van der Waals surface area contributed by atoms with Crippen LogP contribution in [0.4, 0.5) is 0 Å². The molecule has 0 heterocycles. The molecule has 2 aliphatic carbocycles. The van der Waals surface area contributed by atoms with Gasteiger partial charge in [-0.25, -0.2) is 0 Å². The van der Waals surface area contributed by atoms with Crippen LogP contribution in [0.25, 0.3) is 0 Å². The van der Waals surface area contributed by atoms with Crippen molar-refractivity contribution in [1.29, 1.82) is 0 Å². The molecular weight excluding hydrogens is 403 g/mol. The molecule has 2 aromatic rings. The summed E-state index contributed by atoms with van der Waals surface area (Å²) in [4.78, 5) is 11.4. The van der Waals surface area contributed by atoms with Gasteiger partial charge in [0.25, 0.3) is 0 Å². The van der Waals surface area contributed by atoms with E-state index in [1.54, 1.807) is 6.07 Å². The Bertz CT molecular complexity index is 802. The summed E-state index contributed by atoms with van der Waals surface area (Å²) in [6.07, 6.45) is 6.06. The lowest BCUT2D eigenvalue weighted by Gasteiger charge is -2.39. The van der Waals surface area contributed by atoms with Gasteiger partial charge >= 0.3 is 0 Å². The first-order chi connectivity index (χ1) is 12.4. The van der Waals surface area contributed by atoms with E-state index in [4.69, 9.17) is 34.7 Å². The SMILES string of the molecule is Cl.NC(=O)C1(c2ccccc2Cl)CCC1.NC1(c2ccccc2Cl)CCC1. The zero-order valence-electron chi connectivity index (χ0n) is 15.1. The van der Waals surface area contributed by atoms with E-state index in [1.165, 1.54) is 6.42 Å². The number of rotatable bonds is 3. The third-order valence-electron chi connectivity index (χ3n) is 5.72. The highest BCUT2D eigenvalue weighted by atomic mass is 35.5. The van der Waals surface area contributed by atoms with Gasteiger partial charge in [-0.3, -0.25) is 4.79 Å². The number of carbonyl (C=O) groups is 1. The minimum Gasteiger partial charge on any atom is -0.369 e. The van der Waals surface area contributed by atoms with Gasteiger partial charge in [0.2, 0.25) is 5.91 Å². The van der Waals surface area contributed by atoms with Crippen LogP contribution in [0.15, 0.2) is 48.5 Å². The van der Waals surface area contributed by atoms with E-state index in [0.29, 0.717) is 5.02 Å². The Morgan fingerprint density at radius 2 is 1.26 bits per heavy atom. The standard InChI is InChI=1S/C11H12ClNO.C10H12ClN.ClH/c12-9-5-2-1-4-8(9)11(10(13)14)6-3-7-11;11-9-5-2-1-4-8(9)10(12)6-3-7-10;/h1-2,4-5H,3,6-7H2,(H2,13,14);1-2,4-5H,3,6-7,12H2;1H. The number of carbonyl (C=O) groups excluding carboxylic acids is 1. The number of hydrogen-bond acceptors (Lipinski definition) is 2. The van der Waals surface area contributed by atoms with E-state index >= 15 is 0 Å². The second-order valence-electron chi connectivity index (χ2n) is 7.27. The normalized spacial score (nSPS) is 18.6. The van der Waals surface area contributed by atoms with Gasteiger partial charge in [0, 0.05) is 15.6 Å². The Morgan fingerprint density at radius 1 is 0.815 bits per heavy atom. The quantitative estimate of drug-likeness (QED) is 0.693. The Morgan fingerprint density at radius 3 is 1.59 bits per heavy atom. The van der Waals surface area contributed by atoms with Gasteiger partial charge in [-0.05, 0) is 55.4 Å². The second kappa shape index (κ2) is 8.83. The average Bonchev–Trinajstić information content (AvgIpc) is 2.54. The summed E-state index contributed by atoms with van der Waals surface area (Å²) < 4.78 is 0. The first kappa shape index (κ1) is 22.0. The Hall–Kier alpha value is -1.26. The van der Waals surface area contributed by atoms with Gasteiger partial charge in [-0.2, -0.15) is 0 Å². The van der Waals surface area contributed by atoms with Crippen molar-refractivity contribution in [3.8, 4) is 0 Å². The molecule has 3 nitrogen and oxygen atoms in total. The summed E-state index contributed by atoms with van der Waals surface area (Å²) in [7, 11) is 0. The lowest BCUT2D eigenvalue weighted by atomic mass is 9.64. The van der Waals surface area contributed by atoms with Crippen molar-refractivity contribution < 1.29 is 4.79 Å². The minimum absolute atomic E-state index is 0. The van der Waals surface area contributed by atoms with Crippen LogP contribution in [0.3, 0.4) is 0 Å². The molecule has 2 saturated carbocycles. The zero-order chi connectivity index (χ0) is 18.8. The van der Waals surface area contributed by atoms with Crippen LogP contribution in [-0.2, 0) is 15.7 Å². The van der Waals surface area contributed by atoms with Crippen LogP contribution in [0.1, 0.15) is 49.7 Å². The highest BCUT2D eigenvalue weighted by Gasteiger charge is 2.45. The van der Waals surface area contributed by atoms with Gasteiger partial charge in [0.05, 0.1) is 5.41 Å². The number of hydrogen-bond donors (Lipinski definition) is 2. The fraction of sp³-hybridized carbons (Fsp3) is 0.381. The van der Waals surface area contributed by atoms with Crippen molar-refractivity contribution in [2.45, 2.75) is 49.5 Å². The zero-order valence-corrected chi connectivity index (χ0v) is 17.4. The summed E-state index contributed by atoms with van der Waals surface area (Å²) in [5, 5.41) is 1.45. The molecule has 0 aromatic heterocycles. The molecule has 4 N–H and O–H groups in total. The smallest absolute Gasteiger partial charge is 0.228 e. The monoisotopic (exact) mass is 426 g/mol. The summed E-state index contributed by atoms with van der Waals surface area (Å²) in [5.41, 5.74) is 13.0. The maximum Gasteiger partial charge on any atom is 0.228 e. The molecule has 2 aromatic carbocycles. The van der Waals surface area contributed by atoms with Crippen molar-refractivity contribution in [3.05, 3.63) is 69.7 Å². The van der Waals surface area contributed by atoms with Gasteiger partial charge in [0.1, 0.15) is 0 Å². The molecule has 2 fully saturated rings. The molecule has 0 aliphatic heterocycles. The molecule has 0 bridgehead atoms. The van der Waals surface area contributed by atoms with E-state index in [2.05, 4.69) is 0 Å². The van der Waals surface area contributed by atoms with Gasteiger partial charge in [-0.15, -0.1) is 12.4 Å². The van der Waals surface area contributed by atoms with E-state index in [1.807, 2.05) is 42.5 Å². The summed E-state index contributed by atoms with van der Waals surface area (Å²) in [6.45, 7) is 0. The number of benzene rings is 2. The van der Waals surface area contributed by atoms with Crippen LogP contribution in [0, 0.1) is 0 Å². The molecular formula is C21H25Cl3N2O. The lowest BCUT2D eigenvalue weighted by molar-refractivity contribution is -0.126. The maximum absolute atomic E-state index is 11.4. The molecule has 0 radical (unpaired) electrons. The van der Waals surface area contributed by atoms with Crippen molar-refractivity contribution in [2.75, 3.05) is 0 Å². The fourth-order valence-corrected chi connectivity index (χ4v) is 4.36. The fourth-order valence-electron chi connectivity index (χ4n) is 3.72. The predicted molar refractivity (Wildman–Crippen MR) is 115 cm³/mol. The van der Waals surface area contributed by atoms with Crippen LogP contribution in [0.2, 0.25) is 10.0 Å². The average molecular weight is 428 g/mol. The second-order valence-corrected chi connectivity index (χ2v) is 8.08. The van der Waals surface area contributed by atoms with Crippen LogP contribution < -0.4 is 11.5 Å². The van der Waals surface area contributed by atoms with Crippen LogP contribution in [0.5, 0.6) is 0 Å². The minimum atomic E-state index is -0.488. The molecule has 146 valence electrons. The predicted octanol–water partition coefficient (Wildman–Crippen LogP) is 5.35. The van der Waals surface area contributed by atoms with E-state index < -0.39 is 5.41 Å². The number of amides is 1. The van der Waals surface area contributed by atoms with Crippen LogP contribution in [-0.4, -0.2) is 5.91 Å². The topological polar surface area (TPSA) is 69.1 Å². The number of halogens is 3. The largest absolute Gasteiger partial charge is 0.369 e. The maximum atomic E-state index is 11.4. The van der Waals surface area contributed by atoms with Crippen molar-refractivity contribution in [1.82, 2.24) is 0 Å². The third kappa shape index (κ3) is 4.27. The molecule has 1 amide bonds. The van der Waals surface area contributed by atoms with E-state index in [0.717, 1.165) is 48.3 Å². The highest BCUT2D eigenvalue weighted by Crippen LogP contribution is 2.45. The van der Waals surface area contributed by atoms with E-state index in [9.17, 15) is 4.79 Å².